The molecule has 0 aliphatic rings. The van der Waals surface area contributed by atoms with Crippen LogP contribution in [0.25, 0.3) is 0 Å². The number of carbonyl (C=O) groups is 2. The van der Waals surface area contributed by atoms with E-state index in [2.05, 4.69) is 4.52 Å². The van der Waals surface area contributed by atoms with Crippen molar-refractivity contribution in [2.45, 2.75) is 18.9 Å². The number of carboxylic acid groups (broad SMARTS) is 1. The van der Waals surface area contributed by atoms with Gasteiger partial charge < -0.3 is 18.2 Å². The van der Waals surface area contributed by atoms with Crippen molar-refractivity contribution in [3.05, 3.63) is 0 Å². The van der Waals surface area contributed by atoms with Crippen LogP contribution in [0.1, 0.15) is 15.7 Å². The van der Waals surface area contributed by atoms with Crippen molar-refractivity contribution < 1.29 is 117 Å². The van der Waals surface area contributed by atoms with Crippen LogP contribution >= 0.6 is 7.82 Å². The Morgan fingerprint density at radius 1 is 1.44 bits per heavy atom. The molecule has 0 fully saturated rings. The molecule has 16 heavy (non-hydrogen) atoms. The zero-order valence-corrected chi connectivity index (χ0v) is 15.0. The van der Waals surface area contributed by atoms with Gasteiger partial charge >= 0.3 is 101 Å². The Morgan fingerprint density at radius 2 is 1.88 bits per heavy atom. The summed E-state index contributed by atoms with van der Waals surface area (Å²) in [4.78, 5) is 37.2. The number of aliphatic carboxylic acids is 1. The molecular weight excluding hydrogens is 279 g/mol. The van der Waals surface area contributed by atoms with Crippen molar-refractivity contribution in [1.29, 1.82) is 0 Å². The minimum atomic E-state index is -4.84. The first-order valence-electron chi connectivity index (χ1n) is 3.48. The molecule has 0 aromatic rings. The second-order valence-electron chi connectivity index (χ2n) is 2.44. The van der Waals surface area contributed by atoms with Crippen LogP contribution in [0, 0.1) is 0 Å². The molecule has 0 saturated heterocycles. The molecule has 0 amide bonds. The number of phosphoric acid groups is 1. The van der Waals surface area contributed by atoms with E-state index in [1.54, 1.807) is 0 Å². The largest absolute Gasteiger partial charge is 1.00 e. The van der Waals surface area contributed by atoms with Crippen LogP contribution in [0.15, 0.2) is 0 Å². The second kappa shape index (κ2) is 10.6. The van der Waals surface area contributed by atoms with Crippen LogP contribution in [0.4, 0.5) is 0 Å². The Balaban J connectivity index is -0.000000141. The predicted octanol–water partition coefficient (Wildman–Crippen LogP) is -6.95. The molecule has 0 saturated carbocycles. The van der Waals surface area contributed by atoms with Crippen molar-refractivity contribution in [2.75, 3.05) is 0 Å². The van der Waals surface area contributed by atoms with Gasteiger partial charge in [0, 0.05) is 6.42 Å². The van der Waals surface area contributed by atoms with E-state index < -0.39 is 32.2 Å². The Kier molecular flexibility index (Phi) is 15.1. The second-order valence-corrected chi connectivity index (χ2v) is 3.60. The van der Waals surface area contributed by atoms with E-state index in [0.29, 0.717) is 0 Å². The van der Waals surface area contributed by atoms with Gasteiger partial charge in [0.2, 0.25) is 0 Å². The normalized spacial score (nSPS) is 11.7. The van der Waals surface area contributed by atoms with Crippen LogP contribution in [-0.2, 0) is 18.7 Å². The molecule has 1 atom stereocenters. The summed E-state index contributed by atoms with van der Waals surface area (Å²) in [6.45, 7) is 0. The molecule has 0 aliphatic carbocycles. The van der Waals surface area contributed by atoms with Crippen molar-refractivity contribution in [3.8, 4) is 0 Å². The van der Waals surface area contributed by atoms with Crippen molar-refractivity contribution in [3.63, 3.8) is 0 Å². The van der Waals surface area contributed by atoms with Crippen LogP contribution in [0.2, 0.25) is 0 Å². The van der Waals surface area contributed by atoms with E-state index in [0.717, 1.165) is 0 Å². The molecule has 0 unspecified atom stereocenters. The molecule has 8 nitrogen and oxygen atoms in total. The van der Waals surface area contributed by atoms with Gasteiger partial charge in [-0.05, 0) is 6.42 Å². The standard InChI is InChI=1S/C5H10NO7P.K.Na.2H/c6-3(5(8)9)1-2-4(7)13-14(10,11)12;;;;/h3H,1-2,6H2,(H,8,9)(H2,10,11,12);;;;/q;2*+1;2*-1/t3-;;;;/m0..../s1. The zero-order valence-electron chi connectivity index (χ0n) is 11.0. The molecule has 0 aliphatic heterocycles. The molecule has 86 valence electrons. The molecule has 0 bridgehead atoms. The van der Waals surface area contributed by atoms with Crippen molar-refractivity contribution in [2.24, 2.45) is 5.73 Å². The Hall–Kier alpha value is 1.69. The van der Waals surface area contributed by atoms with Gasteiger partial charge in [-0.15, -0.1) is 0 Å². The molecule has 0 spiro atoms. The van der Waals surface area contributed by atoms with Crippen molar-refractivity contribution in [1.82, 2.24) is 0 Å². The number of carbonyl (C=O) groups excluding carboxylic acids is 1. The maximum Gasteiger partial charge on any atom is 1.00 e. The van der Waals surface area contributed by atoms with Gasteiger partial charge in [0.1, 0.15) is 6.04 Å². The summed E-state index contributed by atoms with van der Waals surface area (Å²) in [6, 6.07) is -1.25. The SMILES string of the molecule is N[C@@H](CCC(=O)OP(=O)(O)O)C(=O)O.[H-].[H-].[K+].[Na+]. The smallest absolute Gasteiger partial charge is 1.00 e. The molecular formula is C5H12KNNaO7P. The van der Waals surface area contributed by atoms with Gasteiger partial charge in [-0.2, -0.15) is 0 Å². The fraction of sp³-hybridized carbons (Fsp3) is 0.600. The van der Waals surface area contributed by atoms with Crippen LogP contribution in [-0.4, -0.2) is 32.9 Å². The maximum absolute atomic E-state index is 10.6. The Bertz CT molecular complexity index is 291. The van der Waals surface area contributed by atoms with Gasteiger partial charge in [0.05, 0.1) is 0 Å². The monoisotopic (exact) mass is 291 g/mol. The zero-order chi connectivity index (χ0) is 11.4. The summed E-state index contributed by atoms with van der Waals surface area (Å²) in [5.74, 6) is -2.48. The number of hydrogen-bond acceptors (Lipinski definition) is 5. The summed E-state index contributed by atoms with van der Waals surface area (Å²) >= 11 is 0. The Morgan fingerprint density at radius 3 is 2.19 bits per heavy atom. The minimum absolute atomic E-state index is 0. The average molecular weight is 291 g/mol. The molecule has 0 radical (unpaired) electrons. The third-order valence-electron chi connectivity index (χ3n) is 1.20. The number of carboxylic acids is 1. The first-order chi connectivity index (χ1) is 6.22. The van der Waals surface area contributed by atoms with Gasteiger partial charge in [-0.3, -0.25) is 19.4 Å². The number of rotatable bonds is 5. The summed E-state index contributed by atoms with van der Waals surface area (Å²) in [6.07, 6.45) is -0.702. The third kappa shape index (κ3) is 13.8. The van der Waals surface area contributed by atoms with Crippen LogP contribution in [0.3, 0.4) is 0 Å². The third-order valence-corrected chi connectivity index (χ3v) is 1.64. The van der Waals surface area contributed by atoms with Gasteiger partial charge in [-0.25, -0.2) is 4.57 Å². The Labute approximate surface area is 159 Å². The van der Waals surface area contributed by atoms with Crippen LogP contribution < -0.4 is 86.7 Å². The summed E-state index contributed by atoms with van der Waals surface area (Å²) in [7, 11) is -4.84. The first kappa shape index (κ1) is 22.8. The fourth-order valence-corrected chi connectivity index (χ4v) is 0.932. The predicted molar refractivity (Wildman–Crippen MR) is 45.2 cm³/mol. The van der Waals surface area contributed by atoms with E-state index in [9.17, 15) is 14.2 Å². The minimum Gasteiger partial charge on any atom is -1.00 e. The summed E-state index contributed by atoms with van der Waals surface area (Å²) in [5.41, 5.74) is 5.03. The molecule has 5 N–H and O–H groups in total. The quantitative estimate of drug-likeness (QED) is 0.288. The molecule has 0 aromatic heterocycles. The molecule has 0 rings (SSSR count). The topological polar surface area (TPSA) is 147 Å². The van der Waals surface area contributed by atoms with Gasteiger partial charge in [0.15, 0.2) is 0 Å². The first-order valence-corrected chi connectivity index (χ1v) is 5.02. The van der Waals surface area contributed by atoms with Crippen molar-refractivity contribution >= 4 is 19.8 Å². The average Bonchev–Trinajstić information content (AvgIpc) is 1.96. The van der Waals surface area contributed by atoms with Crippen LogP contribution in [0.5, 0.6) is 0 Å². The van der Waals surface area contributed by atoms with E-state index >= 15 is 0 Å². The number of hydrogen-bond donors (Lipinski definition) is 4. The summed E-state index contributed by atoms with van der Waals surface area (Å²) < 4.78 is 13.8. The molecule has 11 heteroatoms. The number of nitrogens with two attached hydrogens (primary N) is 1. The van der Waals surface area contributed by atoms with E-state index in [4.69, 9.17) is 20.6 Å². The van der Waals surface area contributed by atoms with E-state index in [-0.39, 0.29) is 90.2 Å². The van der Waals surface area contributed by atoms with Gasteiger partial charge in [0.25, 0.3) is 0 Å². The molecule has 0 aromatic carbocycles. The molecule has 0 heterocycles. The maximum atomic E-state index is 10.6. The van der Waals surface area contributed by atoms with Gasteiger partial charge in [-0.1, -0.05) is 0 Å². The summed E-state index contributed by atoms with van der Waals surface area (Å²) in [5, 5.41) is 8.30. The number of phosphoric ester groups is 1. The van der Waals surface area contributed by atoms with E-state index in [1.807, 2.05) is 0 Å². The fourth-order valence-electron chi connectivity index (χ4n) is 0.575. The van der Waals surface area contributed by atoms with E-state index in [1.165, 1.54) is 0 Å².